The van der Waals surface area contributed by atoms with Crippen LogP contribution in [-0.2, 0) is 11.8 Å². The number of aryl methyl sites for hydroxylation is 1. The zero-order valence-electron chi connectivity index (χ0n) is 16.9. The van der Waals surface area contributed by atoms with Crippen LogP contribution in [0, 0.1) is 0 Å². The second-order valence-corrected chi connectivity index (χ2v) is 8.14. The number of H-pyrrole nitrogens is 2. The molecule has 3 N–H and O–H groups in total. The summed E-state index contributed by atoms with van der Waals surface area (Å²) in [5.74, 6) is 0.493. The molecule has 7 heteroatoms. The molecular formula is C23H25N5O2. The minimum absolute atomic E-state index is 0.0131. The van der Waals surface area contributed by atoms with E-state index in [-0.39, 0.29) is 11.6 Å². The summed E-state index contributed by atoms with van der Waals surface area (Å²) >= 11 is 0. The molecule has 1 unspecified atom stereocenters. The van der Waals surface area contributed by atoms with Gasteiger partial charge in [0.05, 0.1) is 11.0 Å². The molecule has 1 aliphatic heterocycles. The first kappa shape index (κ1) is 18.7. The molecule has 7 nitrogen and oxygen atoms in total. The fourth-order valence-corrected chi connectivity index (χ4v) is 4.58. The average Bonchev–Trinajstić information content (AvgIpc) is 3.43. The van der Waals surface area contributed by atoms with Crippen molar-refractivity contribution < 1.29 is 4.79 Å². The molecule has 1 amide bonds. The predicted octanol–water partition coefficient (Wildman–Crippen LogP) is 3.17. The maximum Gasteiger partial charge on any atom is 0.323 e. The summed E-state index contributed by atoms with van der Waals surface area (Å²) in [6.07, 6.45) is 3.82. The molecule has 5 rings (SSSR count). The molecule has 1 atom stereocenters. The second-order valence-electron chi connectivity index (χ2n) is 8.14. The lowest BCUT2D eigenvalue weighted by atomic mass is 9.98. The highest BCUT2D eigenvalue weighted by Crippen LogP contribution is 2.33. The number of imidazole rings is 1. The van der Waals surface area contributed by atoms with Crippen LogP contribution < -0.4 is 11.0 Å². The Bertz CT molecular complexity index is 1280. The Morgan fingerprint density at radius 1 is 1.17 bits per heavy atom. The number of nitrogens with one attached hydrogen (secondary N) is 3. The molecule has 3 heterocycles. The van der Waals surface area contributed by atoms with E-state index in [2.05, 4.69) is 62.3 Å². The van der Waals surface area contributed by atoms with Crippen LogP contribution in [0.5, 0.6) is 0 Å². The monoisotopic (exact) mass is 403 g/mol. The van der Waals surface area contributed by atoms with Crippen LogP contribution in [0.4, 0.5) is 5.69 Å². The zero-order valence-corrected chi connectivity index (χ0v) is 16.9. The average molecular weight is 403 g/mol. The second kappa shape index (κ2) is 7.50. The number of para-hydroxylation sites is 1. The number of fused-ring (bicyclic) bond motifs is 2. The lowest BCUT2D eigenvalue weighted by molar-refractivity contribution is -0.116. The summed E-state index contributed by atoms with van der Waals surface area (Å²) in [4.78, 5) is 31.6. The van der Waals surface area contributed by atoms with Gasteiger partial charge in [0.1, 0.15) is 0 Å². The normalized spacial score (nSPS) is 17.2. The van der Waals surface area contributed by atoms with E-state index in [0.29, 0.717) is 23.5 Å². The van der Waals surface area contributed by atoms with Crippen LogP contribution in [-0.4, -0.2) is 45.0 Å². The molecule has 1 aliphatic rings. The van der Waals surface area contributed by atoms with E-state index in [1.807, 2.05) is 0 Å². The number of hydrogen-bond acceptors (Lipinski definition) is 3. The number of rotatable bonds is 5. The number of likely N-dealkylation sites (tertiary alicyclic amines) is 1. The van der Waals surface area contributed by atoms with Gasteiger partial charge in [0.15, 0.2) is 0 Å². The summed E-state index contributed by atoms with van der Waals surface area (Å²) in [6, 6.07) is 13.9. The van der Waals surface area contributed by atoms with Crippen LogP contribution in [0.25, 0.3) is 21.9 Å². The number of hydrogen-bond donors (Lipinski definition) is 3. The number of aromatic nitrogens is 3. The molecular weight excluding hydrogens is 378 g/mol. The topological polar surface area (TPSA) is 85.9 Å². The van der Waals surface area contributed by atoms with E-state index in [9.17, 15) is 9.59 Å². The molecule has 2 aromatic carbocycles. The summed E-state index contributed by atoms with van der Waals surface area (Å²) in [7, 11) is 2.10. The Balaban J connectivity index is 1.18. The van der Waals surface area contributed by atoms with Crippen molar-refractivity contribution in [1.82, 2.24) is 19.4 Å². The minimum Gasteiger partial charge on any atom is -0.350 e. The molecule has 1 fully saturated rings. The smallest absolute Gasteiger partial charge is 0.323 e. The van der Waals surface area contributed by atoms with Gasteiger partial charge in [-0.1, -0.05) is 18.2 Å². The molecule has 4 aromatic rings. The maximum absolute atomic E-state index is 12.4. The highest BCUT2D eigenvalue weighted by molar-refractivity contribution is 5.93. The summed E-state index contributed by atoms with van der Waals surface area (Å²) in [5, 5.41) is 4.27. The van der Waals surface area contributed by atoms with Crippen molar-refractivity contribution in [2.75, 3.05) is 25.0 Å². The first-order chi connectivity index (χ1) is 14.6. The van der Waals surface area contributed by atoms with Gasteiger partial charge >= 0.3 is 5.69 Å². The molecule has 30 heavy (non-hydrogen) atoms. The first-order valence-electron chi connectivity index (χ1n) is 10.3. The Hall–Kier alpha value is -3.32. The summed E-state index contributed by atoms with van der Waals surface area (Å²) in [6.45, 7) is 2.74. The van der Waals surface area contributed by atoms with E-state index >= 15 is 0 Å². The van der Waals surface area contributed by atoms with E-state index in [1.54, 1.807) is 18.2 Å². The standard InChI is InChI=1S/C23H25N5O2/c1-27-14-18(17-4-2-3-5-21(17)27)15-8-10-28(13-15)11-9-22(29)24-16-6-7-19-20(12-16)26-23(30)25-19/h2-7,12,14-15H,8-11,13H2,1H3,(H,24,29)(H2,25,26,30). The molecule has 0 saturated carbocycles. The van der Waals surface area contributed by atoms with Gasteiger partial charge in [0.25, 0.3) is 0 Å². The number of benzene rings is 2. The fraction of sp³-hybridized carbons (Fsp3) is 0.304. The fourth-order valence-electron chi connectivity index (χ4n) is 4.58. The van der Waals surface area contributed by atoms with Crippen molar-refractivity contribution in [2.24, 2.45) is 7.05 Å². The van der Waals surface area contributed by atoms with E-state index < -0.39 is 0 Å². The molecule has 0 spiro atoms. The van der Waals surface area contributed by atoms with Crippen molar-refractivity contribution in [3.63, 3.8) is 0 Å². The summed E-state index contributed by atoms with van der Waals surface area (Å²) in [5.41, 5.74) is 4.55. The van der Waals surface area contributed by atoms with E-state index in [0.717, 1.165) is 31.6 Å². The Labute approximate surface area is 173 Å². The first-order valence-corrected chi connectivity index (χ1v) is 10.3. The number of nitrogens with zero attached hydrogens (tertiary/aromatic N) is 2. The van der Waals surface area contributed by atoms with Gasteiger partial charge in [0, 0.05) is 49.3 Å². The number of amides is 1. The SMILES string of the molecule is Cn1cc(C2CCN(CCC(=O)Nc3ccc4[nH]c(=O)[nH]c4c3)C2)c2ccccc21. The molecule has 0 bridgehead atoms. The lowest BCUT2D eigenvalue weighted by Crippen LogP contribution is -2.25. The number of carbonyl (C=O) groups is 1. The van der Waals surface area contributed by atoms with Crippen LogP contribution in [0.3, 0.4) is 0 Å². The molecule has 2 aromatic heterocycles. The molecule has 1 saturated heterocycles. The van der Waals surface area contributed by atoms with Crippen molar-refractivity contribution >= 4 is 33.5 Å². The van der Waals surface area contributed by atoms with Crippen LogP contribution >= 0.6 is 0 Å². The maximum atomic E-state index is 12.4. The highest BCUT2D eigenvalue weighted by atomic mass is 16.1. The molecule has 0 aliphatic carbocycles. The van der Waals surface area contributed by atoms with Crippen molar-refractivity contribution in [1.29, 1.82) is 0 Å². The number of aromatic amines is 2. The van der Waals surface area contributed by atoms with Crippen molar-refractivity contribution in [2.45, 2.75) is 18.8 Å². The zero-order chi connectivity index (χ0) is 20.7. The summed E-state index contributed by atoms with van der Waals surface area (Å²) < 4.78 is 2.20. The van der Waals surface area contributed by atoms with Crippen molar-refractivity contribution in [3.05, 3.63) is 64.7 Å². The largest absolute Gasteiger partial charge is 0.350 e. The van der Waals surface area contributed by atoms with Crippen LogP contribution in [0.2, 0.25) is 0 Å². The van der Waals surface area contributed by atoms with Gasteiger partial charge < -0.3 is 24.8 Å². The van der Waals surface area contributed by atoms with Gasteiger partial charge in [-0.2, -0.15) is 0 Å². The third kappa shape index (κ3) is 3.52. The van der Waals surface area contributed by atoms with Crippen molar-refractivity contribution in [3.8, 4) is 0 Å². The Morgan fingerprint density at radius 3 is 2.90 bits per heavy atom. The molecule has 154 valence electrons. The minimum atomic E-state index is -0.247. The van der Waals surface area contributed by atoms with Gasteiger partial charge in [-0.15, -0.1) is 0 Å². The Kier molecular flexibility index (Phi) is 4.67. The highest BCUT2D eigenvalue weighted by Gasteiger charge is 2.26. The van der Waals surface area contributed by atoms with Gasteiger partial charge in [-0.05, 0) is 48.7 Å². The van der Waals surface area contributed by atoms with Gasteiger partial charge in [-0.25, -0.2) is 4.79 Å². The van der Waals surface area contributed by atoms with Gasteiger partial charge in [0.2, 0.25) is 5.91 Å². The third-order valence-corrected chi connectivity index (χ3v) is 6.09. The van der Waals surface area contributed by atoms with Gasteiger partial charge in [-0.3, -0.25) is 4.79 Å². The quantitative estimate of drug-likeness (QED) is 0.478. The lowest BCUT2D eigenvalue weighted by Gasteiger charge is -2.15. The van der Waals surface area contributed by atoms with Crippen LogP contribution in [0.1, 0.15) is 24.3 Å². The van der Waals surface area contributed by atoms with Crippen LogP contribution in [0.15, 0.2) is 53.5 Å². The number of anilines is 1. The molecule has 0 radical (unpaired) electrons. The van der Waals surface area contributed by atoms with E-state index in [1.165, 1.54) is 16.5 Å². The Morgan fingerprint density at radius 2 is 2.00 bits per heavy atom. The predicted molar refractivity (Wildman–Crippen MR) is 119 cm³/mol. The number of carbonyl (C=O) groups excluding carboxylic acids is 1. The third-order valence-electron chi connectivity index (χ3n) is 6.09. The van der Waals surface area contributed by atoms with E-state index in [4.69, 9.17) is 0 Å².